The van der Waals surface area contributed by atoms with Crippen molar-refractivity contribution in [1.29, 1.82) is 0 Å². The van der Waals surface area contributed by atoms with E-state index in [2.05, 4.69) is 25.2 Å². The maximum Gasteiger partial charge on any atom is 0.313 e. The molecule has 1 aromatic carbocycles. The van der Waals surface area contributed by atoms with Crippen LogP contribution in [0.1, 0.15) is 12.8 Å². The summed E-state index contributed by atoms with van der Waals surface area (Å²) in [5, 5.41) is 12.4. The van der Waals surface area contributed by atoms with Gasteiger partial charge in [0.25, 0.3) is 0 Å². The van der Waals surface area contributed by atoms with Crippen LogP contribution < -0.4 is 10.2 Å². The first-order valence-corrected chi connectivity index (χ1v) is 8.37. The summed E-state index contributed by atoms with van der Waals surface area (Å²) in [6.07, 6.45) is 2.23. The SMILES string of the molecule is O=C(O)CSc1nc(Nc2ccccc2)nc(N2CCCC2)n1. The molecule has 8 heteroatoms. The number of carboxylic acid groups (broad SMARTS) is 1. The summed E-state index contributed by atoms with van der Waals surface area (Å²) in [6.45, 7) is 1.83. The summed E-state index contributed by atoms with van der Waals surface area (Å²) in [5.41, 5.74) is 0.875. The summed E-state index contributed by atoms with van der Waals surface area (Å²) in [7, 11) is 0. The van der Waals surface area contributed by atoms with Crippen molar-refractivity contribution in [3.05, 3.63) is 30.3 Å². The van der Waals surface area contributed by atoms with E-state index >= 15 is 0 Å². The lowest BCUT2D eigenvalue weighted by molar-refractivity contribution is -0.133. The number of carboxylic acids is 1. The summed E-state index contributed by atoms with van der Waals surface area (Å²) in [5.74, 6) is 0.0642. The number of para-hydroxylation sites is 1. The number of hydrogen-bond donors (Lipinski definition) is 2. The highest BCUT2D eigenvalue weighted by Gasteiger charge is 2.18. The summed E-state index contributed by atoms with van der Waals surface area (Å²) in [4.78, 5) is 26.0. The van der Waals surface area contributed by atoms with Gasteiger partial charge in [0.15, 0.2) is 5.16 Å². The molecule has 1 aliphatic rings. The molecule has 1 aliphatic heterocycles. The Labute approximate surface area is 138 Å². The van der Waals surface area contributed by atoms with Gasteiger partial charge in [-0.2, -0.15) is 15.0 Å². The second-order valence-corrected chi connectivity index (χ2v) is 6.05. The average molecular weight is 331 g/mol. The monoisotopic (exact) mass is 331 g/mol. The minimum absolute atomic E-state index is 0.0752. The number of benzene rings is 1. The lowest BCUT2D eigenvalue weighted by Crippen LogP contribution is -2.21. The number of rotatable bonds is 6. The maximum absolute atomic E-state index is 10.8. The second kappa shape index (κ2) is 7.28. The zero-order valence-corrected chi connectivity index (χ0v) is 13.3. The molecule has 23 heavy (non-hydrogen) atoms. The Bertz CT molecular complexity index is 677. The standard InChI is InChI=1S/C15H17N5O2S/c21-12(22)10-23-15-18-13(16-11-6-2-1-3-7-11)17-14(19-15)20-8-4-5-9-20/h1-3,6-7H,4-5,8-10H2,(H,21,22)(H,16,17,18,19). The van der Waals surface area contributed by atoms with E-state index in [0.717, 1.165) is 43.4 Å². The molecule has 3 rings (SSSR count). The molecule has 0 aliphatic carbocycles. The van der Waals surface area contributed by atoms with Crippen molar-refractivity contribution in [2.24, 2.45) is 0 Å². The number of anilines is 3. The summed E-state index contributed by atoms with van der Waals surface area (Å²) < 4.78 is 0. The van der Waals surface area contributed by atoms with Crippen LogP contribution in [0, 0.1) is 0 Å². The van der Waals surface area contributed by atoms with Crippen LogP contribution in [0.3, 0.4) is 0 Å². The van der Waals surface area contributed by atoms with Crippen molar-refractivity contribution < 1.29 is 9.90 Å². The highest BCUT2D eigenvalue weighted by atomic mass is 32.2. The van der Waals surface area contributed by atoms with Crippen LogP contribution in [0.2, 0.25) is 0 Å². The Morgan fingerprint density at radius 3 is 2.61 bits per heavy atom. The maximum atomic E-state index is 10.8. The van der Waals surface area contributed by atoms with E-state index in [1.165, 1.54) is 0 Å². The van der Waals surface area contributed by atoms with Crippen LogP contribution in [-0.4, -0.2) is 44.9 Å². The van der Waals surface area contributed by atoms with Crippen LogP contribution in [0.25, 0.3) is 0 Å². The van der Waals surface area contributed by atoms with Crippen LogP contribution in [0.15, 0.2) is 35.5 Å². The van der Waals surface area contributed by atoms with Crippen molar-refractivity contribution in [3.63, 3.8) is 0 Å². The van der Waals surface area contributed by atoms with E-state index in [9.17, 15) is 4.79 Å². The third-order valence-corrected chi connectivity index (χ3v) is 4.18. The van der Waals surface area contributed by atoms with Gasteiger partial charge in [0, 0.05) is 18.8 Å². The number of thioether (sulfide) groups is 1. The summed E-state index contributed by atoms with van der Waals surface area (Å²) >= 11 is 1.10. The molecule has 0 spiro atoms. The van der Waals surface area contributed by atoms with E-state index in [4.69, 9.17) is 5.11 Å². The molecule has 0 bridgehead atoms. The molecule has 0 saturated carbocycles. The molecule has 7 nitrogen and oxygen atoms in total. The fourth-order valence-electron chi connectivity index (χ4n) is 2.30. The molecule has 1 aromatic heterocycles. The molecule has 0 amide bonds. The van der Waals surface area contributed by atoms with Crippen LogP contribution in [0.5, 0.6) is 0 Å². The van der Waals surface area contributed by atoms with Crippen LogP contribution in [0.4, 0.5) is 17.6 Å². The number of aliphatic carboxylic acids is 1. The first-order valence-electron chi connectivity index (χ1n) is 7.38. The minimum Gasteiger partial charge on any atom is -0.481 e. The van der Waals surface area contributed by atoms with E-state index in [-0.39, 0.29) is 5.75 Å². The average Bonchev–Trinajstić information content (AvgIpc) is 3.08. The van der Waals surface area contributed by atoms with Crippen molar-refractivity contribution in [1.82, 2.24) is 15.0 Å². The smallest absolute Gasteiger partial charge is 0.313 e. The highest BCUT2D eigenvalue weighted by molar-refractivity contribution is 7.99. The Balaban J connectivity index is 1.85. The zero-order valence-electron chi connectivity index (χ0n) is 12.5. The number of nitrogens with one attached hydrogen (secondary N) is 1. The molecule has 1 fully saturated rings. The van der Waals surface area contributed by atoms with Gasteiger partial charge in [0.2, 0.25) is 11.9 Å². The third-order valence-electron chi connectivity index (χ3n) is 3.35. The largest absolute Gasteiger partial charge is 0.481 e. The van der Waals surface area contributed by atoms with E-state index < -0.39 is 5.97 Å². The van der Waals surface area contributed by atoms with Gasteiger partial charge in [-0.05, 0) is 25.0 Å². The van der Waals surface area contributed by atoms with Crippen LogP contribution in [-0.2, 0) is 4.79 Å². The fourth-order valence-corrected chi connectivity index (χ4v) is 2.85. The summed E-state index contributed by atoms with van der Waals surface area (Å²) in [6, 6.07) is 9.62. The molecule has 0 radical (unpaired) electrons. The normalized spacial score (nSPS) is 14.0. The Morgan fingerprint density at radius 2 is 1.91 bits per heavy atom. The van der Waals surface area contributed by atoms with Gasteiger partial charge in [0.1, 0.15) is 0 Å². The molecular weight excluding hydrogens is 314 g/mol. The minimum atomic E-state index is -0.893. The molecule has 2 heterocycles. The molecule has 0 unspecified atom stereocenters. The highest BCUT2D eigenvalue weighted by Crippen LogP contribution is 2.23. The van der Waals surface area contributed by atoms with E-state index in [1.54, 1.807) is 0 Å². The Morgan fingerprint density at radius 1 is 1.17 bits per heavy atom. The number of aromatic nitrogens is 3. The predicted octanol–water partition coefficient (Wildman–Crippen LogP) is 2.39. The van der Waals surface area contributed by atoms with Gasteiger partial charge < -0.3 is 15.3 Å². The lowest BCUT2D eigenvalue weighted by atomic mass is 10.3. The number of carbonyl (C=O) groups is 1. The van der Waals surface area contributed by atoms with Gasteiger partial charge in [-0.1, -0.05) is 30.0 Å². The van der Waals surface area contributed by atoms with Crippen LogP contribution >= 0.6 is 11.8 Å². The van der Waals surface area contributed by atoms with E-state index in [1.807, 2.05) is 30.3 Å². The van der Waals surface area contributed by atoms with Gasteiger partial charge in [-0.25, -0.2) is 0 Å². The Hall–Kier alpha value is -2.35. The fraction of sp³-hybridized carbons (Fsp3) is 0.333. The molecule has 2 aromatic rings. The second-order valence-electron chi connectivity index (χ2n) is 5.11. The number of hydrogen-bond acceptors (Lipinski definition) is 7. The number of nitrogens with zero attached hydrogens (tertiary/aromatic N) is 4. The molecule has 0 atom stereocenters. The van der Waals surface area contributed by atoms with Crippen molar-refractivity contribution in [2.75, 3.05) is 29.1 Å². The Kier molecular flexibility index (Phi) is 4.92. The molecule has 120 valence electrons. The topological polar surface area (TPSA) is 91.2 Å². The molecule has 1 saturated heterocycles. The predicted molar refractivity (Wildman–Crippen MR) is 89.4 cm³/mol. The van der Waals surface area contributed by atoms with Gasteiger partial charge in [-0.3, -0.25) is 4.79 Å². The van der Waals surface area contributed by atoms with Gasteiger partial charge in [0.05, 0.1) is 5.75 Å². The lowest BCUT2D eigenvalue weighted by Gasteiger charge is -2.16. The molecular formula is C15H17N5O2S. The van der Waals surface area contributed by atoms with Gasteiger partial charge >= 0.3 is 5.97 Å². The first kappa shape index (κ1) is 15.5. The quantitative estimate of drug-likeness (QED) is 0.780. The molecule has 2 N–H and O–H groups in total. The van der Waals surface area contributed by atoms with Crippen molar-refractivity contribution in [2.45, 2.75) is 18.0 Å². The third kappa shape index (κ3) is 4.32. The zero-order chi connectivity index (χ0) is 16.1. The van der Waals surface area contributed by atoms with E-state index in [0.29, 0.717) is 17.1 Å². The van der Waals surface area contributed by atoms with Crippen molar-refractivity contribution in [3.8, 4) is 0 Å². The van der Waals surface area contributed by atoms with Gasteiger partial charge in [-0.15, -0.1) is 0 Å². The van der Waals surface area contributed by atoms with Crippen molar-refractivity contribution >= 4 is 35.3 Å². The first-order chi connectivity index (χ1) is 11.2.